The standard InChI is InChI=1S/C18H30BrN/c1-5-11-18(12-6-2,14-20-13-15(3)4)16-7-9-17(19)10-8-16/h7-10,15,20H,5-6,11-14H2,1-4H3. The molecule has 0 saturated carbocycles. The highest BCUT2D eigenvalue weighted by molar-refractivity contribution is 9.10. The third-order valence-electron chi connectivity index (χ3n) is 3.93. The van der Waals surface area contributed by atoms with Gasteiger partial charge < -0.3 is 5.32 Å². The van der Waals surface area contributed by atoms with Crippen molar-refractivity contribution in [3.8, 4) is 0 Å². The third-order valence-corrected chi connectivity index (χ3v) is 4.46. The summed E-state index contributed by atoms with van der Waals surface area (Å²) < 4.78 is 1.17. The summed E-state index contributed by atoms with van der Waals surface area (Å²) in [4.78, 5) is 0. The van der Waals surface area contributed by atoms with Crippen molar-refractivity contribution in [3.05, 3.63) is 34.3 Å². The minimum atomic E-state index is 0.291. The lowest BCUT2D eigenvalue weighted by Crippen LogP contribution is -2.39. The van der Waals surface area contributed by atoms with Crippen LogP contribution in [0, 0.1) is 5.92 Å². The second kappa shape index (κ2) is 8.84. The molecule has 1 rings (SSSR count). The monoisotopic (exact) mass is 339 g/mol. The minimum absolute atomic E-state index is 0.291. The van der Waals surface area contributed by atoms with E-state index in [-0.39, 0.29) is 0 Å². The molecule has 0 radical (unpaired) electrons. The molecule has 1 N–H and O–H groups in total. The zero-order valence-corrected chi connectivity index (χ0v) is 15.1. The van der Waals surface area contributed by atoms with Crippen molar-refractivity contribution in [2.24, 2.45) is 5.92 Å². The lowest BCUT2D eigenvalue weighted by Gasteiger charge is -2.35. The molecule has 1 aromatic carbocycles. The van der Waals surface area contributed by atoms with Gasteiger partial charge >= 0.3 is 0 Å². The molecule has 0 spiro atoms. The van der Waals surface area contributed by atoms with Gasteiger partial charge in [-0.25, -0.2) is 0 Å². The van der Waals surface area contributed by atoms with Crippen LogP contribution in [0.1, 0.15) is 58.9 Å². The Balaban J connectivity index is 2.93. The lowest BCUT2D eigenvalue weighted by atomic mass is 9.73. The van der Waals surface area contributed by atoms with Crippen LogP contribution in [0.15, 0.2) is 28.7 Å². The number of hydrogen-bond donors (Lipinski definition) is 1. The molecule has 0 aliphatic rings. The summed E-state index contributed by atoms with van der Waals surface area (Å²) in [6.45, 7) is 11.3. The number of hydrogen-bond acceptors (Lipinski definition) is 1. The highest BCUT2D eigenvalue weighted by Crippen LogP contribution is 2.34. The highest BCUT2D eigenvalue weighted by atomic mass is 79.9. The molecule has 1 nitrogen and oxygen atoms in total. The number of rotatable bonds is 9. The van der Waals surface area contributed by atoms with E-state index in [0.717, 1.165) is 13.1 Å². The molecule has 0 saturated heterocycles. The van der Waals surface area contributed by atoms with E-state index in [1.54, 1.807) is 0 Å². The van der Waals surface area contributed by atoms with Gasteiger partial charge in [-0.2, -0.15) is 0 Å². The van der Waals surface area contributed by atoms with Gasteiger partial charge in [0.2, 0.25) is 0 Å². The summed E-state index contributed by atoms with van der Waals surface area (Å²) in [5, 5.41) is 3.70. The van der Waals surface area contributed by atoms with Crippen LogP contribution in [0.3, 0.4) is 0 Å². The molecular weight excluding hydrogens is 310 g/mol. The average Bonchev–Trinajstić information content (AvgIpc) is 2.39. The predicted octanol–water partition coefficient (Wildman–Crippen LogP) is 5.53. The summed E-state index contributed by atoms with van der Waals surface area (Å²) >= 11 is 3.55. The molecule has 0 aliphatic carbocycles. The lowest BCUT2D eigenvalue weighted by molar-refractivity contribution is 0.328. The van der Waals surface area contributed by atoms with Crippen LogP contribution in [0.4, 0.5) is 0 Å². The molecule has 20 heavy (non-hydrogen) atoms. The van der Waals surface area contributed by atoms with E-state index in [1.165, 1.54) is 35.7 Å². The molecule has 0 unspecified atom stereocenters. The first-order valence-electron chi connectivity index (χ1n) is 8.01. The van der Waals surface area contributed by atoms with Crippen molar-refractivity contribution in [1.82, 2.24) is 5.32 Å². The average molecular weight is 340 g/mol. The SMILES string of the molecule is CCCC(CCC)(CNCC(C)C)c1ccc(Br)cc1. The molecule has 0 aliphatic heterocycles. The summed E-state index contributed by atoms with van der Waals surface area (Å²) in [5.74, 6) is 0.709. The van der Waals surface area contributed by atoms with Crippen LogP contribution in [0.25, 0.3) is 0 Å². The van der Waals surface area contributed by atoms with Crippen LogP contribution in [0.5, 0.6) is 0 Å². The van der Waals surface area contributed by atoms with E-state index < -0.39 is 0 Å². The number of halogens is 1. The molecular formula is C18H30BrN. The van der Waals surface area contributed by atoms with Crippen LogP contribution in [0.2, 0.25) is 0 Å². The van der Waals surface area contributed by atoms with Gasteiger partial charge in [0.15, 0.2) is 0 Å². The second-order valence-corrected chi connectivity index (χ2v) is 7.23. The van der Waals surface area contributed by atoms with Crippen molar-refractivity contribution in [3.63, 3.8) is 0 Å². The summed E-state index contributed by atoms with van der Waals surface area (Å²) in [7, 11) is 0. The first kappa shape index (κ1) is 17.7. The van der Waals surface area contributed by atoms with Gasteiger partial charge in [-0.1, -0.05) is 68.6 Å². The maximum absolute atomic E-state index is 3.70. The van der Waals surface area contributed by atoms with Crippen molar-refractivity contribution >= 4 is 15.9 Å². The normalized spacial score (nSPS) is 12.1. The topological polar surface area (TPSA) is 12.0 Å². The van der Waals surface area contributed by atoms with E-state index in [2.05, 4.69) is 73.2 Å². The Labute approximate surface area is 133 Å². The Bertz CT molecular complexity index is 364. The Hall–Kier alpha value is -0.340. The van der Waals surface area contributed by atoms with E-state index in [0.29, 0.717) is 11.3 Å². The molecule has 114 valence electrons. The molecule has 0 atom stereocenters. The largest absolute Gasteiger partial charge is 0.316 e. The Kier molecular flexibility index (Phi) is 7.83. The Morgan fingerprint density at radius 2 is 1.60 bits per heavy atom. The van der Waals surface area contributed by atoms with Crippen molar-refractivity contribution < 1.29 is 0 Å². The van der Waals surface area contributed by atoms with Gasteiger partial charge in [0.05, 0.1) is 0 Å². The van der Waals surface area contributed by atoms with E-state index in [1.807, 2.05) is 0 Å². The molecule has 0 fully saturated rings. The van der Waals surface area contributed by atoms with Crippen LogP contribution >= 0.6 is 15.9 Å². The van der Waals surface area contributed by atoms with Gasteiger partial charge in [-0.15, -0.1) is 0 Å². The number of nitrogens with one attached hydrogen (secondary N) is 1. The van der Waals surface area contributed by atoms with E-state index >= 15 is 0 Å². The molecule has 0 amide bonds. The van der Waals surface area contributed by atoms with Crippen LogP contribution in [-0.2, 0) is 5.41 Å². The molecule has 0 bridgehead atoms. The van der Waals surface area contributed by atoms with Gasteiger partial charge in [0, 0.05) is 16.4 Å². The fourth-order valence-corrected chi connectivity index (χ4v) is 3.32. The summed E-state index contributed by atoms with van der Waals surface area (Å²) in [5.41, 5.74) is 1.78. The van der Waals surface area contributed by atoms with Gasteiger partial charge in [0.25, 0.3) is 0 Å². The highest BCUT2D eigenvalue weighted by Gasteiger charge is 2.30. The van der Waals surface area contributed by atoms with Gasteiger partial charge in [0.1, 0.15) is 0 Å². The van der Waals surface area contributed by atoms with Crippen molar-refractivity contribution in [2.75, 3.05) is 13.1 Å². The third kappa shape index (κ3) is 5.21. The maximum atomic E-state index is 3.70. The smallest absolute Gasteiger partial charge is 0.0175 e. The van der Waals surface area contributed by atoms with E-state index in [4.69, 9.17) is 0 Å². The molecule has 2 heteroatoms. The first-order chi connectivity index (χ1) is 9.54. The van der Waals surface area contributed by atoms with E-state index in [9.17, 15) is 0 Å². The van der Waals surface area contributed by atoms with Crippen molar-refractivity contribution in [2.45, 2.75) is 58.8 Å². The zero-order valence-electron chi connectivity index (χ0n) is 13.5. The van der Waals surface area contributed by atoms with Gasteiger partial charge in [-0.05, 0) is 43.0 Å². The fraction of sp³-hybridized carbons (Fsp3) is 0.667. The van der Waals surface area contributed by atoms with Gasteiger partial charge in [-0.3, -0.25) is 0 Å². The fourth-order valence-electron chi connectivity index (χ4n) is 3.05. The van der Waals surface area contributed by atoms with Crippen molar-refractivity contribution in [1.29, 1.82) is 0 Å². The molecule has 0 aromatic heterocycles. The summed E-state index contributed by atoms with van der Waals surface area (Å²) in [6, 6.07) is 8.95. The number of benzene rings is 1. The quantitative estimate of drug-likeness (QED) is 0.623. The summed E-state index contributed by atoms with van der Waals surface area (Å²) in [6.07, 6.45) is 4.99. The minimum Gasteiger partial charge on any atom is -0.316 e. The maximum Gasteiger partial charge on any atom is 0.0175 e. The van der Waals surface area contributed by atoms with Crippen LogP contribution in [-0.4, -0.2) is 13.1 Å². The first-order valence-corrected chi connectivity index (χ1v) is 8.80. The second-order valence-electron chi connectivity index (χ2n) is 6.31. The molecule has 1 aromatic rings. The molecule has 0 heterocycles. The van der Waals surface area contributed by atoms with Crippen LogP contribution < -0.4 is 5.32 Å². The Morgan fingerprint density at radius 3 is 2.05 bits per heavy atom. The Morgan fingerprint density at radius 1 is 1.05 bits per heavy atom. The zero-order chi connectivity index (χ0) is 15.0. The predicted molar refractivity (Wildman–Crippen MR) is 93.3 cm³/mol.